The Labute approximate surface area is 125 Å². The monoisotopic (exact) mass is 306 g/mol. The van der Waals surface area contributed by atoms with E-state index in [-0.39, 0.29) is 34.7 Å². The molecule has 1 N–H and O–H groups in total. The maximum Gasteiger partial charge on any atom is 0.353 e. The normalized spacial score (nSPS) is 13.8. The highest BCUT2D eigenvalue weighted by Crippen LogP contribution is 2.23. The van der Waals surface area contributed by atoms with Crippen LogP contribution in [0.15, 0.2) is 12.1 Å². The van der Waals surface area contributed by atoms with Crippen molar-refractivity contribution in [3.63, 3.8) is 0 Å². The second kappa shape index (κ2) is 4.97. The number of nitrogens with one attached hydrogen (secondary N) is 1. The lowest BCUT2D eigenvalue weighted by atomic mass is 10.2. The van der Waals surface area contributed by atoms with E-state index in [1.807, 2.05) is 0 Å². The highest BCUT2D eigenvalue weighted by Gasteiger charge is 2.43. The molecular formula is C14H15FN4O3. The summed E-state index contributed by atoms with van der Waals surface area (Å²) < 4.78 is 14.9. The Kier molecular flexibility index (Phi) is 3.23. The summed E-state index contributed by atoms with van der Waals surface area (Å²) in [6.45, 7) is 4.51. The van der Waals surface area contributed by atoms with Gasteiger partial charge in [-0.05, 0) is 13.8 Å². The number of carbonyl (C=O) groups excluding carboxylic acids is 1. The Balaban J connectivity index is 2.32. The summed E-state index contributed by atoms with van der Waals surface area (Å²) in [5, 5.41) is 27.7. The van der Waals surface area contributed by atoms with Gasteiger partial charge in [-0.15, -0.1) is 4.73 Å². The van der Waals surface area contributed by atoms with E-state index < -0.39 is 11.7 Å². The van der Waals surface area contributed by atoms with Crippen molar-refractivity contribution in [2.45, 2.75) is 20.4 Å². The number of rotatable bonds is 3. The predicted octanol–water partition coefficient (Wildman–Crippen LogP) is 0.653. The SMILES string of the molecule is CCNc1cc2c(cc1F)[n+]([O-])c1c([n+]2[O-])CN(CC)C1=O. The van der Waals surface area contributed by atoms with Gasteiger partial charge in [0.2, 0.25) is 0 Å². The van der Waals surface area contributed by atoms with Gasteiger partial charge >= 0.3 is 11.6 Å². The van der Waals surface area contributed by atoms with Crippen LogP contribution in [-0.2, 0) is 6.54 Å². The van der Waals surface area contributed by atoms with Crippen molar-refractivity contribution in [1.29, 1.82) is 0 Å². The lowest BCUT2D eigenvalue weighted by Gasteiger charge is -2.09. The minimum absolute atomic E-state index is 0.0388. The molecule has 0 saturated heterocycles. The quantitative estimate of drug-likeness (QED) is 0.666. The van der Waals surface area contributed by atoms with E-state index in [1.165, 1.54) is 11.0 Å². The van der Waals surface area contributed by atoms with E-state index in [2.05, 4.69) is 5.32 Å². The van der Waals surface area contributed by atoms with Gasteiger partial charge in [0.15, 0.2) is 5.82 Å². The van der Waals surface area contributed by atoms with Crippen molar-refractivity contribution >= 4 is 22.6 Å². The fourth-order valence-corrected chi connectivity index (χ4v) is 2.69. The molecule has 2 heterocycles. The van der Waals surface area contributed by atoms with E-state index in [4.69, 9.17) is 0 Å². The van der Waals surface area contributed by atoms with Crippen LogP contribution in [0, 0.1) is 16.2 Å². The lowest BCUT2D eigenvalue weighted by molar-refractivity contribution is -0.635. The van der Waals surface area contributed by atoms with Crippen LogP contribution in [0.1, 0.15) is 30.0 Å². The Bertz CT molecular complexity index is 794. The van der Waals surface area contributed by atoms with E-state index >= 15 is 0 Å². The average Bonchev–Trinajstić information content (AvgIpc) is 2.84. The number of anilines is 1. The Morgan fingerprint density at radius 2 is 1.95 bits per heavy atom. The molecule has 0 spiro atoms. The zero-order valence-electron chi connectivity index (χ0n) is 12.2. The highest BCUT2D eigenvalue weighted by atomic mass is 19.1. The second-order valence-electron chi connectivity index (χ2n) is 5.05. The van der Waals surface area contributed by atoms with Crippen LogP contribution >= 0.6 is 0 Å². The number of hydrogen-bond acceptors (Lipinski definition) is 4. The van der Waals surface area contributed by atoms with Crippen LogP contribution in [0.3, 0.4) is 0 Å². The minimum atomic E-state index is -0.642. The first-order valence-corrected chi connectivity index (χ1v) is 7.03. The number of halogens is 1. The molecule has 1 aromatic carbocycles. The summed E-state index contributed by atoms with van der Waals surface area (Å²) in [4.78, 5) is 13.5. The molecule has 0 fully saturated rings. The minimum Gasteiger partial charge on any atom is -0.618 e. The molecule has 1 aliphatic rings. The first-order chi connectivity index (χ1) is 10.5. The highest BCUT2D eigenvalue weighted by molar-refractivity contribution is 5.95. The van der Waals surface area contributed by atoms with Gasteiger partial charge in [0.25, 0.3) is 16.7 Å². The summed E-state index contributed by atoms with van der Waals surface area (Å²) >= 11 is 0. The lowest BCUT2D eigenvalue weighted by Crippen LogP contribution is -2.45. The molecule has 1 aliphatic heterocycles. The molecule has 0 unspecified atom stereocenters. The summed E-state index contributed by atoms with van der Waals surface area (Å²) in [6.07, 6.45) is 0. The van der Waals surface area contributed by atoms with Gasteiger partial charge in [0.05, 0.1) is 11.8 Å². The first-order valence-electron chi connectivity index (χ1n) is 7.03. The van der Waals surface area contributed by atoms with Gasteiger partial charge in [-0.2, -0.15) is 4.73 Å². The summed E-state index contributed by atoms with van der Waals surface area (Å²) in [6, 6.07) is 2.28. The third kappa shape index (κ3) is 1.83. The topological polar surface area (TPSA) is 86.2 Å². The Hall–Kier alpha value is -2.64. The molecule has 22 heavy (non-hydrogen) atoms. The molecule has 1 amide bonds. The second-order valence-corrected chi connectivity index (χ2v) is 5.05. The fourth-order valence-electron chi connectivity index (χ4n) is 2.69. The molecular weight excluding hydrogens is 291 g/mol. The molecule has 0 aliphatic carbocycles. The predicted molar refractivity (Wildman–Crippen MR) is 76.4 cm³/mol. The van der Waals surface area contributed by atoms with E-state index in [9.17, 15) is 19.6 Å². The van der Waals surface area contributed by atoms with Crippen LogP contribution in [0.5, 0.6) is 0 Å². The molecule has 2 aromatic rings. The third-order valence-corrected chi connectivity index (χ3v) is 3.80. The number of aromatic nitrogens is 2. The molecule has 0 radical (unpaired) electrons. The smallest absolute Gasteiger partial charge is 0.353 e. The van der Waals surface area contributed by atoms with Crippen LogP contribution < -0.4 is 14.8 Å². The van der Waals surface area contributed by atoms with E-state index in [1.54, 1.807) is 13.8 Å². The van der Waals surface area contributed by atoms with Crippen molar-refractivity contribution in [2.24, 2.45) is 0 Å². The number of carbonyl (C=O) groups is 1. The maximum absolute atomic E-state index is 14.0. The van der Waals surface area contributed by atoms with Gasteiger partial charge in [-0.1, -0.05) is 0 Å². The van der Waals surface area contributed by atoms with Gasteiger partial charge in [-0.3, -0.25) is 4.79 Å². The number of amides is 1. The van der Waals surface area contributed by atoms with Crippen molar-refractivity contribution in [1.82, 2.24) is 4.90 Å². The molecule has 3 rings (SSSR count). The molecule has 0 saturated carbocycles. The van der Waals surface area contributed by atoms with E-state index in [0.717, 1.165) is 6.07 Å². The molecule has 7 nitrogen and oxygen atoms in total. The van der Waals surface area contributed by atoms with Crippen LogP contribution in [0.4, 0.5) is 10.1 Å². The third-order valence-electron chi connectivity index (χ3n) is 3.80. The van der Waals surface area contributed by atoms with Gasteiger partial charge in [0, 0.05) is 19.2 Å². The molecule has 0 atom stereocenters. The molecule has 0 bridgehead atoms. The van der Waals surface area contributed by atoms with E-state index in [0.29, 0.717) is 22.6 Å². The van der Waals surface area contributed by atoms with Crippen LogP contribution in [0.2, 0.25) is 0 Å². The van der Waals surface area contributed by atoms with Crippen molar-refractivity contribution in [3.8, 4) is 0 Å². The van der Waals surface area contributed by atoms with Gasteiger partial charge < -0.3 is 20.6 Å². The number of benzene rings is 1. The molecule has 1 aromatic heterocycles. The summed E-state index contributed by atoms with van der Waals surface area (Å²) in [5.41, 5.74) is -0.0874. The van der Waals surface area contributed by atoms with Crippen molar-refractivity contribution in [2.75, 3.05) is 18.4 Å². The summed E-state index contributed by atoms with van der Waals surface area (Å²) in [7, 11) is 0. The zero-order valence-corrected chi connectivity index (χ0v) is 12.2. The van der Waals surface area contributed by atoms with Crippen molar-refractivity contribution < 1.29 is 18.6 Å². The average molecular weight is 306 g/mol. The number of nitrogens with zero attached hydrogens (tertiary/aromatic N) is 3. The number of hydrogen-bond donors (Lipinski definition) is 1. The number of fused-ring (bicyclic) bond motifs is 2. The standard InChI is InChI=1S/C14H15FN4O3/c1-3-16-9-6-11-10(5-8(9)15)19(22)13-12(18(11)21)7-17(4-2)14(13)20/h5-6,16H,3-4,7H2,1-2H3. The van der Waals surface area contributed by atoms with Crippen molar-refractivity contribution in [3.05, 3.63) is 39.8 Å². The maximum atomic E-state index is 14.0. The van der Waals surface area contributed by atoms with Gasteiger partial charge in [-0.25, -0.2) is 4.39 Å². The largest absolute Gasteiger partial charge is 0.618 e. The van der Waals surface area contributed by atoms with Gasteiger partial charge in [0.1, 0.15) is 6.54 Å². The fraction of sp³-hybridized carbons (Fsp3) is 0.357. The molecule has 116 valence electrons. The summed E-state index contributed by atoms with van der Waals surface area (Å²) in [5.74, 6) is -1.15. The Morgan fingerprint density at radius 3 is 2.59 bits per heavy atom. The van der Waals surface area contributed by atoms with Crippen LogP contribution in [-0.4, -0.2) is 23.9 Å². The Morgan fingerprint density at radius 1 is 1.27 bits per heavy atom. The molecule has 8 heteroatoms. The van der Waals surface area contributed by atoms with Crippen LogP contribution in [0.25, 0.3) is 11.0 Å². The first kappa shape index (κ1) is 14.3. The zero-order chi connectivity index (χ0) is 16.0.